The molecule has 3 aromatic rings. The third-order valence-corrected chi connectivity index (χ3v) is 7.46. The van der Waals surface area contributed by atoms with Gasteiger partial charge in [-0.2, -0.15) is 10.4 Å². The number of rotatable bonds is 4. The number of pyridine rings is 1. The van der Waals surface area contributed by atoms with E-state index in [2.05, 4.69) is 21.5 Å². The number of carbonyl (C=O) groups excluding carboxylic acids is 1. The van der Waals surface area contributed by atoms with Crippen LogP contribution in [0.3, 0.4) is 0 Å². The largest absolute Gasteiger partial charge is 0.375 e. The van der Waals surface area contributed by atoms with E-state index in [9.17, 15) is 10.1 Å². The molecule has 1 saturated heterocycles. The maximum Gasteiger partial charge on any atom is 0.259 e. The molecule has 2 fully saturated rings. The zero-order chi connectivity index (χ0) is 23.8. The minimum Gasteiger partial charge on any atom is -0.375 e. The summed E-state index contributed by atoms with van der Waals surface area (Å²) in [6.07, 6.45) is 8.71. The third kappa shape index (κ3) is 3.99. The van der Waals surface area contributed by atoms with Crippen molar-refractivity contribution in [1.82, 2.24) is 14.8 Å². The molecule has 1 aliphatic heterocycles. The molecule has 1 aromatic carbocycles. The van der Waals surface area contributed by atoms with E-state index in [-0.39, 0.29) is 11.5 Å². The zero-order valence-corrected chi connectivity index (χ0v) is 19.7. The molecule has 7 heteroatoms. The summed E-state index contributed by atoms with van der Waals surface area (Å²) in [6.45, 7) is 4.74. The van der Waals surface area contributed by atoms with Gasteiger partial charge in [0.05, 0.1) is 57.8 Å². The van der Waals surface area contributed by atoms with E-state index in [1.165, 1.54) is 5.56 Å². The summed E-state index contributed by atoms with van der Waals surface area (Å²) in [4.78, 5) is 17.5. The lowest BCUT2D eigenvalue weighted by molar-refractivity contribution is -0.0347. The highest BCUT2D eigenvalue weighted by Crippen LogP contribution is 2.47. The lowest BCUT2D eigenvalue weighted by Crippen LogP contribution is -2.40. The third-order valence-electron chi connectivity index (χ3n) is 7.46. The quantitative estimate of drug-likeness (QED) is 0.596. The predicted octanol–water partition coefficient (Wildman–Crippen LogP) is 5.02. The van der Waals surface area contributed by atoms with Crippen LogP contribution >= 0.6 is 0 Å². The number of nitrogens with one attached hydrogen (secondary N) is 1. The number of hydrogen-bond acceptors (Lipinski definition) is 5. The minimum atomic E-state index is -0.592. The van der Waals surface area contributed by atoms with Crippen molar-refractivity contribution in [1.29, 1.82) is 5.26 Å². The fourth-order valence-electron chi connectivity index (χ4n) is 5.24. The highest BCUT2D eigenvalue weighted by atomic mass is 16.5. The second-order valence-electron chi connectivity index (χ2n) is 9.61. The Morgan fingerprint density at radius 3 is 2.44 bits per heavy atom. The van der Waals surface area contributed by atoms with E-state index >= 15 is 0 Å². The summed E-state index contributed by atoms with van der Waals surface area (Å²) in [7, 11) is 0. The highest BCUT2D eigenvalue weighted by Gasteiger charge is 2.46. The topological polar surface area (TPSA) is 92.8 Å². The molecule has 2 aromatic heterocycles. The first-order valence-electron chi connectivity index (χ1n) is 11.9. The van der Waals surface area contributed by atoms with Crippen LogP contribution in [0.25, 0.3) is 5.69 Å². The Balaban J connectivity index is 1.29. The standard InChI is InChI=1S/C27H29N5O2/c1-19-4-7-22(8-5-19)32-20(2)23(17-30-32)25(33)31-21-6-9-24(29-16-21)26(18-28)11-13-27(14-12-26)10-3-15-34-27/h4-9,16-17H,3,10-15H2,1-2H3,(H,31,33)/t26-,27-. The molecule has 0 unspecified atom stereocenters. The van der Waals surface area contributed by atoms with Gasteiger partial charge in [-0.25, -0.2) is 4.68 Å². The molecule has 1 N–H and O–H groups in total. The number of nitriles is 1. The lowest BCUT2D eigenvalue weighted by Gasteiger charge is -2.40. The monoisotopic (exact) mass is 455 g/mol. The van der Waals surface area contributed by atoms with Gasteiger partial charge in [0.1, 0.15) is 0 Å². The molecule has 5 rings (SSSR count). The van der Waals surface area contributed by atoms with Crippen molar-refractivity contribution >= 4 is 11.6 Å². The molecule has 2 aliphatic rings. The van der Waals surface area contributed by atoms with Crippen LogP contribution in [0.4, 0.5) is 5.69 Å². The van der Waals surface area contributed by atoms with Gasteiger partial charge in [-0.1, -0.05) is 17.7 Å². The normalized spacial score (nSPS) is 24.1. The van der Waals surface area contributed by atoms with Gasteiger partial charge in [0.15, 0.2) is 0 Å². The van der Waals surface area contributed by atoms with Crippen LogP contribution in [-0.4, -0.2) is 32.9 Å². The molecule has 0 atom stereocenters. The highest BCUT2D eigenvalue weighted by molar-refractivity contribution is 6.04. The first-order chi connectivity index (χ1) is 16.4. The van der Waals surface area contributed by atoms with E-state index in [0.29, 0.717) is 11.3 Å². The second-order valence-corrected chi connectivity index (χ2v) is 9.61. The van der Waals surface area contributed by atoms with Crippen molar-refractivity contribution in [2.75, 3.05) is 11.9 Å². The summed E-state index contributed by atoms with van der Waals surface area (Å²) >= 11 is 0. The van der Waals surface area contributed by atoms with Gasteiger partial charge in [0.2, 0.25) is 0 Å². The first kappa shape index (κ1) is 22.3. The number of benzene rings is 1. The predicted molar refractivity (Wildman–Crippen MR) is 129 cm³/mol. The number of carbonyl (C=O) groups is 1. The summed E-state index contributed by atoms with van der Waals surface area (Å²) in [5.41, 5.74) is 4.08. The summed E-state index contributed by atoms with van der Waals surface area (Å²) in [5.74, 6) is -0.238. The molecule has 1 amide bonds. The Kier molecular flexibility index (Phi) is 5.70. The summed E-state index contributed by atoms with van der Waals surface area (Å²) in [5, 5.41) is 17.3. The average Bonchev–Trinajstić information content (AvgIpc) is 3.48. The fraction of sp³-hybridized carbons (Fsp3) is 0.407. The molecule has 3 heterocycles. The van der Waals surface area contributed by atoms with Crippen LogP contribution in [0.1, 0.15) is 65.8 Å². The van der Waals surface area contributed by atoms with E-state index in [1.807, 2.05) is 50.2 Å². The Labute approximate surface area is 199 Å². The molecule has 0 radical (unpaired) electrons. The molecule has 174 valence electrons. The number of amides is 1. The Bertz CT molecular complexity index is 1220. The first-order valence-corrected chi connectivity index (χ1v) is 11.9. The van der Waals surface area contributed by atoms with Gasteiger partial charge in [0, 0.05) is 6.61 Å². The molecular weight excluding hydrogens is 426 g/mol. The number of nitrogens with zero attached hydrogens (tertiary/aromatic N) is 4. The van der Waals surface area contributed by atoms with Gasteiger partial charge in [0.25, 0.3) is 5.91 Å². The molecule has 1 saturated carbocycles. The summed E-state index contributed by atoms with van der Waals surface area (Å²) < 4.78 is 7.78. The smallest absolute Gasteiger partial charge is 0.259 e. The van der Waals surface area contributed by atoms with Crippen LogP contribution in [0, 0.1) is 25.2 Å². The average molecular weight is 456 g/mol. The molecule has 1 aliphatic carbocycles. The Morgan fingerprint density at radius 2 is 1.82 bits per heavy atom. The van der Waals surface area contributed by atoms with Crippen molar-refractivity contribution in [3.05, 3.63) is 71.3 Å². The Hall–Kier alpha value is -3.50. The fourth-order valence-corrected chi connectivity index (χ4v) is 5.24. The van der Waals surface area contributed by atoms with E-state index in [4.69, 9.17) is 4.74 Å². The SMILES string of the molecule is Cc1ccc(-n2ncc(C(=O)Nc3ccc([C@]4(C#N)CC[C@]5(CCCO5)CC4)nc3)c2C)cc1. The number of anilines is 1. The van der Waals surface area contributed by atoms with Crippen molar-refractivity contribution in [2.45, 2.75) is 63.4 Å². The van der Waals surface area contributed by atoms with Crippen molar-refractivity contribution in [3.8, 4) is 11.8 Å². The van der Waals surface area contributed by atoms with Crippen molar-refractivity contribution in [3.63, 3.8) is 0 Å². The van der Waals surface area contributed by atoms with Gasteiger partial charge in [-0.3, -0.25) is 9.78 Å². The number of hydrogen-bond donors (Lipinski definition) is 1. The summed E-state index contributed by atoms with van der Waals surface area (Å²) in [6, 6.07) is 14.2. The zero-order valence-electron chi connectivity index (χ0n) is 19.7. The van der Waals surface area contributed by atoms with Crippen molar-refractivity contribution < 1.29 is 9.53 Å². The van der Waals surface area contributed by atoms with Crippen LogP contribution in [0.15, 0.2) is 48.8 Å². The number of aryl methyl sites for hydroxylation is 1. The van der Waals surface area contributed by atoms with Crippen LogP contribution in [0.2, 0.25) is 0 Å². The molecule has 34 heavy (non-hydrogen) atoms. The van der Waals surface area contributed by atoms with Gasteiger partial charge < -0.3 is 10.1 Å². The molecule has 0 bridgehead atoms. The van der Waals surface area contributed by atoms with Crippen LogP contribution in [-0.2, 0) is 10.2 Å². The number of ether oxygens (including phenoxy) is 1. The van der Waals surface area contributed by atoms with Crippen LogP contribution < -0.4 is 5.32 Å². The molecular formula is C27H29N5O2. The second kappa shape index (κ2) is 8.69. The van der Waals surface area contributed by atoms with Crippen molar-refractivity contribution in [2.24, 2.45) is 0 Å². The van der Waals surface area contributed by atoms with Gasteiger partial charge in [-0.05, 0) is 76.6 Å². The maximum absolute atomic E-state index is 12.9. The van der Waals surface area contributed by atoms with E-state index < -0.39 is 5.41 Å². The maximum atomic E-state index is 12.9. The lowest BCUT2D eigenvalue weighted by atomic mass is 9.67. The minimum absolute atomic E-state index is 0.0326. The van der Waals surface area contributed by atoms with E-state index in [0.717, 1.165) is 62.2 Å². The van der Waals surface area contributed by atoms with Crippen LogP contribution in [0.5, 0.6) is 0 Å². The molecule has 7 nitrogen and oxygen atoms in total. The molecule has 1 spiro atoms. The Morgan fingerprint density at radius 1 is 1.06 bits per heavy atom. The number of aromatic nitrogens is 3. The van der Waals surface area contributed by atoms with Gasteiger partial charge >= 0.3 is 0 Å². The van der Waals surface area contributed by atoms with Gasteiger partial charge in [-0.15, -0.1) is 0 Å². The van der Waals surface area contributed by atoms with E-state index in [1.54, 1.807) is 17.1 Å².